The van der Waals surface area contributed by atoms with Crippen molar-refractivity contribution in [2.75, 3.05) is 24.3 Å². The number of para-hydroxylation sites is 1. The van der Waals surface area contributed by atoms with Crippen molar-refractivity contribution >= 4 is 22.4 Å². The van der Waals surface area contributed by atoms with E-state index in [1.807, 2.05) is 6.07 Å². The van der Waals surface area contributed by atoms with Gasteiger partial charge in [0.2, 0.25) is 0 Å². The monoisotopic (exact) mass is 268 g/mol. The van der Waals surface area contributed by atoms with Crippen LogP contribution in [0.5, 0.6) is 0 Å². The predicted octanol–water partition coefficient (Wildman–Crippen LogP) is 3.86. The topological polar surface area (TPSA) is 28.2 Å². The average Bonchev–Trinajstić information content (AvgIpc) is 2.47. The molecule has 0 spiro atoms. The van der Waals surface area contributed by atoms with Gasteiger partial charge in [0.15, 0.2) is 0 Å². The van der Waals surface area contributed by atoms with E-state index in [1.165, 1.54) is 36.8 Å². The van der Waals surface area contributed by atoms with Crippen LogP contribution in [0.3, 0.4) is 0 Å². The zero-order chi connectivity index (χ0) is 13.9. The molecule has 0 aliphatic heterocycles. The first-order valence-electron chi connectivity index (χ1n) is 7.39. The van der Waals surface area contributed by atoms with E-state index in [1.54, 1.807) is 0 Å². The Morgan fingerprint density at radius 3 is 2.65 bits per heavy atom. The van der Waals surface area contributed by atoms with Crippen molar-refractivity contribution in [3.63, 3.8) is 0 Å². The Labute approximate surface area is 121 Å². The van der Waals surface area contributed by atoms with Gasteiger partial charge in [-0.05, 0) is 38.2 Å². The summed E-state index contributed by atoms with van der Waals surface area (Å²) in [5.41, 5.74) is 2.28. The number of hydrogen-bond acceptors (Lipinski definition) is 3. The molecule has 105 valence electrons. The van der Waals surface area contributed by atoms with E-state index in [9.17, 15) is 0 Å². The Kier molecular flexibility index (Phi) is 3.77. The van der Waals surface area contributed by atoms with Crippen molar-refractivity contribution in [3.8, 4) is 0 Å². The number of rotatable bonds is 3. The van der Waals surface area contributed by atoms with Gasteiger partial charge in [-0.2, -0.15) is 0 Å². The molecule has 0 bridgehead atoms. The molecule has 0 atom stereocenters. The van der Waals surface area contributed by atoms with E-state index < -0.39 is 0 Å². The number of nitrogens with zero attached hydrogens (tertiary/aromatic N) is 2. The van der Waals surface area contributed by atoms with Crippen LogP contribution in [0.25, 0.3) is 10.9 Å². The molecule has 1 fully saturated rings. The van der Waals surface area contributed by atoms with E-state index in [-0.39, 0.29) is 0 Å². The van der Waals surface area contributed by atoms with Crippen molar-refractivity contribution in [3.05, 3.63) is 36.8 Å². The fraction of sp³-hybridized carbons (Fsp3) is 0.412. The van der Waals surface area contributed by atoms with Crippen LogP contribution in [0.15, 0.2) is 30.3 Å². The second-order valence-electron chi connectivity index (χ2n) is 5.72. The molecule has 1 aliphatic carbocycles. The SMILES string of the molecule is CN(C)c1cc(NC2CC[CH]CC2)nc2ccccc12. The van der Waals surface area contributed by atoms with E-state index in [2.05, 4.69) is 55.0 Å². The molecule has 2 aromatic rings. The first kappa shape index (κ1) is 13.2. The molecule has 1 N–H and O–H groups in total. The second kappa shape index (κ2) is 5.70. The summed E-state index contributed by atoms with van der Waals surface area (Å²) < 4.78 is 0. The Balaban J connectivity index is 1.94. The number of aromatic nitrogens is 1. The summed E-state index contributed by atoms with van der Waals surface area (Å²) in [5.74, 6) is 0.999. The van der Waals surface area contributed by atoms with Gasteiger partial charge in [-0.25, -0.2) is 4.98 Å². The van der Waals surface area contributed by atoms with Crippen LogP contribution in [0.4, 0.5) is 11.5 Å². The second-order valence-corrected chi connectivity index (χ2v) is 5.72. The van der Waals surface area contributed by atoms with Crippen LogP contribution in [0.2, 0.25) is 0 Å². The third-order valence-electron chi connectivity index (χ3n) is 3.97. The number of hydrogen-bond donors (Lipinski definition) is 1. The zero-order valence-electron chi connectivity index (χ0n) is 12.3. The Morgan fingerprint density at radius 2 is 1.90 bits per heavy atom. The molecule has 0 saturated heterocycles. The highest BCUT2D eigenvalue weighted by atomic mass is 15.1. The maximum Gasteiger partial charge on any atom is 0.128 e. The molecule has 1 aliphatic rings. The first-order chi connectivity index (χ1) is 9.74. The molecule has 1 saturated carbocycles. The fourth-order valence-electron chi connectivity index (χ4n) is 2.88. The van der Waals surface area contributed by atoms with Gasteiger partial charge >= 0.3 is 0 Å². The highest BCUT2D eigenvalue weighted by Gasteiger charge is 2.15. The number of fused-ring (bicyclic) bond motifs is 1. The minimum Gasteiger partial charge on any atom is -0.377 e. The molecule has 3 rings (SSSR count). The van der Waals surface area contributed by atoms with Crippen LogP contribution in [0, 0.1) is 6.42 Å². The van der Waals surface area contributed by atoms with Gasteiger partial charge < -0.3 is 10.2 Å². The van der Waals surface area contributed by atoms with Gasteiger partial charge in [0.05, 0.1) is 5.52 Å². The van der Waals surface area contributed by atoms with Crippen molar-refractivity contribution < 1.29 is 0 Å². The molecule has 1 heterocycles. The maximum absolute atomic E-state index is 4.76. The Morgan fingerprint density at radius 1 is 1.15 bits per heavy atom. The van der Waals surface area contributed by atoms with Crippen LogP contribution < -0.4 is 10.2 Å². The largest absolute Gasteiger partial charge is 0.377 e. The smallest absolute Gasteiger partial charge is 0.128 e. The van der Waals surface area contributed by atoms with Gasteiger partial charge in [0.25, 0.3) is 0 Å². The third kappa shape index (κ3) is 2.72. The molecule has 20 heavy (non-hydrogen) atoms. The molecular formula is C17H22N3. The highest BCUT2D eigenvalue weighted by molar-refractivity contribution is 5.93. The van der Waals surface area contributed by atoms with Gasteiger partial charge in [-0.15, -0.1) is 0 Å². The van der Waals surface area contributed by atoms with E-state index in [0.29, 0.717) is 6.04 Å². The molecule has 1 radical (unpaired) electrons. The highest BCUT2D eigenvalue weighted by Crippen LogP contribution is 2.28. The first-order valence-corrected chi connectivity index (χ1v) is 7.39. The number of benzene rings is 1. The molecule has 0 amide bonds. The van der Waals surface area contributed by atoms with Gasteiger partial charge in [-0.3, -0.25) is 0 Å². The minimum atomic E-state index is 0.559. The lowest BCUT2D eigenvalue weighted by Crippen LogP contribution is -2.23. The zero-order valence-corrected chi connectivity index (χ0v) is 12.3. The summed E-state index contributed by atoms with van der Waals surface area (Å²) in [6.45, 7) is 0. The summed E-state index contributed by atoms with van der Waals surface area (Å²) in [4.78, 5) is 6.92. The lowest BCUT2D eigenvalue weighted by atomic mass is 9.95. The standard InChI is InChI=1S/C17H22N3/c1-20(2)16-12-17(18-13-8-4-3-5-9-13)19-15-11-7-6-10-14(15)16/h3,6-7,10-13H,4-5,8-9H2,1-2H3,(H,18,19). The predicted molar refractivity (Wildman–Crippen MR) is 86.2 cm³/mol. The number of pyridine rings is 1. The van der Waals surface area contributed by atoms with Gasteiger partial charge in [-0.1, -0.05) is 18.2 Å². The Bertz CT molecular complexity index is 586. The van der Waals surface area contributed by atoms with Crippen molar-refractivity contribution in [1.29, 1.82) is 0 Å². The van der Waals surface area contributed by atoms with E-state index in [4.69, 9.17) is 4.98 Å². The van der Waals surface area contributed by atoms with E-state index >= 15 is 0 Å². The molecule has 1 aromatic carbocycles. The summed E-state index contributed by atoms with van der Waals surface area (Å²) in [5, 5.41) is 4.82. The lowest BCUT2D eigenvalue weighted by molar-refractivity contribution is 0.534. The van der Waals surface area contributed by atoms with Crippen LogP contribution >= 0.6 is 0 Å². The van der Waals surface area contributed by atoms with E-state index in [0.717, 1.165) is 11.3 Å². The fourth-order valence-corrected chi connectivity index (χ4v) is 2.88. The number of nitrogens with one attached hydrogen (secondary N) is 1. The van der Waals surface area contributed by atoms with Crippen molar-refractivity contribution in [1.82, 2.24) is 4.98 Å². The van der Waals surface area contributed by atoms with Gasteiger partial charge in [0, 0.05) is 37.3 Å². The molecule has 0 unspecified atom stereocenters. The normalized spacial score (nSPS) is 16.3. The van der Waals surface area contributed by atoms with Gasteiger partial charge in [0.1, 0.15) is 5.82 Å². The average molecular weight is 268 g/mol. The van der Waals surface area contributed by atoms with Crippen LogP contribution in [0.1, 0.15) is 25.7 Å². The third-order valence-corrected chi connectivity index (χ3v) is 3.97. The quantitative estimate of drug-likeness (QED) is 0.916. The lowest BCUT2D eigenvalue weighted by Gasteiger charge is -2.24. The van der Waals surface area contributed by atoms with Crippen LogP contribution in [-0.2, 0) is 0 Å². The van der Waals surface area contributed by atoms with Crippen molar-refractivity contribution in [2.24, 2.45) is 0 Å². The van der Waals surface area contributed by atoms with Crippen LogP contribution in [-0.4, -0.2) is 25.1 Å². The molecule has 3 heteroatoms. The summed E-state index contributed by atoms with van der Waals surface area (Å²) in [6.07, 6.45) is 7.24. The molecular weight excluding hydrogens is 246 g/mol. The molecule has 3 nitrogen and oxygen atoms in total. The summed E-state index contributed by atoms with van der Waals surface area (Å²) >= 11 is 0. The number of anilines is 2. The van der Waals surface area contributed by atoms with Crippen molar-refractivity contribution in [2.45, 2.75) is 31.7 Å². The minimum absolute atomic E-state index is 0.559. The summed E-state index contributed by atoms with van der Waals surface area (Å²) in [6, 6.07) is 11.1. The summed E-state index contributed by atoms with van der Waals surface area (Å²) in [7, 11) is 4.17. The maximum atomic E-state index is 4.76. The Hall–Kier alpha value is -1.77. The molecule has 1 aromatic heterocycles.